The summed E-state index contributed by atoms with van der Waals surface area (Å²) < 4.78 is 28.8. The lowest BCUT2D eigenvalue weighted by atomic mass is 10.1. The maximum absolute atomic E-state index is 13.9. The van der Waals surface area contributed by atoms with E-state index in [1.54, 1.807) is 55.5 Å². The number of halogens is 2. The molecular weight excluding hydrogens is 557 g/mol. The van der Waals surface area contributed by atoms with Crippen molar-refractivity contribution in [1.29, 1.82) is 0 Å². The first kappa shape index (κ1) is 30.5. The number of carbonyl (C=O) groups is 2. The average Bonchev–Trinajstić information content (AvgIpc) is 2.86. The van der Waals surface area contributed by atoms with Crippen LogP contribution >= 0.6 is 23.2 Å². The van der Waals surface area contributed by atoms with Crippen molar-refractivity contribution in [2.75, 3.05) is 10.8 Å². The zero-order chi connectivity index (χ0) is 28.9. The molecule has 0 saturated heterocycles. The van der Waals surface area contributed by atoms with Gasteiger partial charge in [0.1, 0.15) is 12.6 Å². The van der Waals surface area contributed by atoms with Crippen LogP contribution in [0.4, 0.5) is 5.69 Å². The minimum Gasteiger partial charge on any atom is -0.352 e. The maximum atomic E-state index is 13.9. The van der Waals surface area contributed by atoms with E-state index >= 15 is 0 Å². The summed E-state index contributed by atoms with van der Waals surface area (Å²) in [6, 6.07) is 17.2. The van der Waals surface area contributed by atoms with E-state index in [0.29, 0.717) is 21.3 Å². The zero-order valence-electron chi connectivity index (χ0n) is 22.6. The minimum atomic E-state index is -4.13. The predicted molar refractivity (Wildman–Crippen MR) is 157 cm³/mol. The van der Waals surface area contributed by atoms with Crippen LogP contribution in [0.25, 0.3) is 0 Å². The van der Waals surface area contributed by atoms with Gasteiger partial charge in [-0.25, -0.2) is 8.42 Å². The largest absolute Gasteiger partial charge is 0.352 e. The summed E-state index contributed by atoms with van der Waals surface area (Å²) in [5, 5.41) is 3.59. The number of anilines is 1. The molecule has 0 aliphatic carbocycles. The molecule has 0 saturated carbocycles. The van der Waals surface area contributed by atoms with Gasteiger partial charge in [0.2, 0.25) is 11.8 Å². The van der Waals surface area contributed by atoms with E-state index < -0.39 is 28.5 Å². The number of nitrogens with one attached hydrogen (secondary N) is 1. The fourth-order valence-corrected chi connectivity index (χ4v) is 5.84. The van der Waals surface area contributed by atoms with E-state index in [4.69, 9.17) is 23.2 Å². The highest BCUT2D eigenvalue weighted by Gasteiger charge is 2.33. The summed E-state index contributed by atoms with van der Waals surface area (Å²) in [5.41, 5.74) is 2.65. The molecule has 10 heteroatoms. The molecule has 1 N–H and O–H groups in total. The normalized spacial score (nSPS) is 12.2. The molecule has 208 valence electrons. The quantitative estimate of drug-likeness (QED) is 0.326. The van der Waals surface area contributed by atoms with Gasteiger partial charge in [0.15, 0.2) is 0 Å². The molecule has 0 fully saturated rings. The van der Waals surface area contributed by atoms with Crippen molar-refractivity contribution in [2.24, 2.45) is 0 Å². The maximum Gasteiger partial charge on any atom is 0.264 e. The van der Waals surface area contributed by atoms with Gasteiger partial charge in [0, 0.05) is 22.6 Å². The fourth-order valence-electron chi connectivity index (χ4n) is 3.97. The third-order valence-electron chi connectivity index (χ3n) is 6.13. The van der Waals surface area contributed by atoms with Gasteiger partial charge in [0.05, 0.1) is 10.6 Å². The van der Waals surface area contributed by atoms with E-state index in [0.717, 1.165) is 15.4 Å². The Bertz CT molecular complexity index is 1440. The number of nitrogens with zero attached hydrogens (tertiary/aromatic N) is 2. The molecule has 0 aromatic heterocycles. The summed E-state index contributed by atoms with van der Waals surface area (Å²) in [6.45, 7) is 8.40. The smallest absolute Gasteiger partial charge is 0.264 e. The standard InChI is InChI=1S/C29H33Cl2N3O4S/c1-19(2)32-29(36)22(5)33(17-23-11-12-24(30)16-27(23)31)28(35)18-34(25-8-6-7-21(4)15-25)39(37,38)26-13-9-20(3)10-14-26/h6-16,19,22H,17-18H2,1-5H3,(H,32,36)/t22-/m0/s1. The van der Waals surface area contributed by atoms with Crippen molar-refractivity contribution in [3.05, 3.63) is 93.5 Å². The monoisotopic (exact) mass is 589 g/mol. The molecule has 1 atom stereocenters. The van der Waals surface area contributed by atoms with Crippen LogP contribution in [0.15, 0.2) is 71.6 Å². The lowest BCUT2D eigenvalue weighted by Gasteiger charge is -2.32. The van der Waals surface area contributed by atoms with E-state index in [9.17, 15) is 18.0 Å². The molecule has 3 aromatic rings. The first-order valence-corrected chi connectivity index (χ1v) is 14.7. The molecule has 39 heavy (non-hydrogen) atoms. The Balaban J connectivity index is 2.05. The molecule has 0 radical (unpaired) electrons. The summed E-state index contributed by atoms with van der Waals surface area (Å²) in [4.78, 5) is 28.3. The Morgan fingerprint density at radius 3 is 2.15 bits per heavy atom. The molecule has 0 unspecified atom stereocenters. The third kappa shape index (κ3) is 7.75. The van der Waals surface area contributed by atoms with Gasteiger partial charge < -0.3 is 10.2 Å². The first-order valence-electron chi connectivity index (χ1n) is 12.5. The van der Waals surface area contributed by atoms with Crippen molar-refractivity contribution in [1.82, 2.24) is 10.2 Å². The van der Waals surface area contributed by atoms with Crippen LogP contribution in [0.3, 0.4) is 0 Å². The molecule has 0 spiro atoms. The van der Waals surface area contributed by atoms with E-state index in [2.05, 4.69) is 5.32 Å². The molecule has 0 aliphatic heterocycles. The van der Waals surface area contributed by atoms with Gasteiger partial charge in [-0.3, -0.25) is 13.9 Å². The molecule has 0 heterocycles. The summed E-state index contributed by atoms with van der Waals surface area (Å²) >= 11 is 12.5. The van der Waals surface area contributed by atoms with Crippen LogP contribution in [0.1, 0.15) is 37.5 Å². The van der Waals surface area contributed by atoms with Crippen molar-refractivity contribution in [3.63, 3.8) is 0 Å². The first-order chi connectivity index (χ1) is 18.3. The molecule has 7 nitrogen and oxygen atoms in total. The zero-order valence-corrected chi connectivity index (χ0v) is 24.9. The second-order valence-electron chi connectivity index (χ2n) is 9.76. The van der Waals surface area contributed by atoms with Crippen molar-refractivity contribution in [2.45, 2.75) is 58.1 Å². The topological polar surface area (TPSA) is 86.8 Å². The lowest BCUT2D eigenvalue weighted by molar-refractivity contribution is -0.139. The van der Waals surface area contributed by atoms with E-state index in [1.165, 1.54) is 17.0 Å². The molecule has 2 amide bonds. The highest BCUT2D eigenvalue weighted by Crippen LogP contribution is 2.27. The molecule has 3 aromatic carbocycles. The van der Waals surface area contributed by atoms with Gasteiger partial charge >= 0.3 is 0 Å². The summed E-state index contributed by atoms with van der Waals surface area (Å²) in [6.07, 6.45) is 0. The third-order valence-corrected chi connectivity index (χ3v) is 8.51. The Morgan fingerprint density at radius 1 is 0.897 bits per heavy atom. The van der Waals surface area contributed by atoms with Crippen LogP contribution in [0, 0.1) is 13.8 Å². The predicted octanol–water partition coefficient (Wildman–Crippen LogP) is 5.75. The second-order valence-corrected chi connectivity index (χ2v) is 12.5. The number of carbonyl (C=O) groups excluding carboxylic acids is 2. The number of benzene rings is 3. The molecule has 3 rings (SSSR count). The average molecular weight is 591 g/mol. The molecule has 0 aliphatic rings. The highest BCUT2D eigenvalue weighted by molar-refractivity contribution is 7.92. The fraction of sp³-hybridized carbons (Fsp3) is 0.310. The van der Waals surface area contributed by atoms with E-state index in [1.807, 2.05) is 33.8 Å². The van der Waals surface area contributed by atoms with Crippen molar-refractivity contribution < 1.29 is 18.0 Å². The minimum absolute atomic E-state index is 0.0201. The second kappa shape index (κ2) is 12.9. The van der Waals surface area contributed by atoms with Crippen LogP contribution in [0.2, 0.25) is 10.0 Å². The van der Waals surface area contributed by atoms with Crippen LogP contribution in [0.5, 0.6) is 0 Å². The Kier molecular flexibility index (Phi) is 10.0. The summed E-state index contributed by atoms with van der Waals surface area (Å²) in [5.74, 6) is -0.934. The van der Waals surface area contributed by atoms with Gasteiger partial charge in [-0.1, -0.05) is 59.1 Å². The van der Waals surface area contributed by atoms with Crippen molar-refractivity contribution in [3.8, 4) is 0 Å². The SMILES string of the molecule is Cc1ccc(S(=O)(=O)N(CC(=O)N(Cc2ccc(Cl)cc2Cl)[C@@H](C)C(=O)NC(C)C)c2cccc(C)c2)cc1. The van der Waals surface area contributed by atoms with Crippen LogP contribution in [-0.4, -0.2) is 43.8 Å². The summed E-state index contributed by atoms with van der Waals surface area (Å²) in [7, 11) is -4.13. The number of rotatable bonds is 10. The van der Waals surface area contributed by atoms with Crippen molar-refractivity contribution >= 4 is 50.7 Å². The Morgan fingerprint density at radius 2 is 1.56 bits per heavy atom. The van der Waals surface area contributed by atoms with Gasteiger partial charge in [0.25, 0.3) is 10.0 Å². The van der Waals surface area contributed by atoms with Gasteiger partial charge in [-0.2, -0.15) is 0 Å². The number of aryl methyl sites for hydroxylation is 2. The highest BCUT2D eigenvalue weighted by atomic mass is 35.5. The van der Waals surface area contributed by atoms with Gasteiger partial charge in [-0.05, 0) is 82.1 Å². The Hall–Kier alpha value is -3.07. The Labute approximate surface area is 240 Å². The molecular formula is C29H33Cl2N3O4S. The van der Waals surface area contributed by atoms with E-state index in [-0.39, 0.29) is 23.4 Å². The van der Waals surface area contributed by atoms with Crippen LogP contribution in [-0.2, 0) is 26.2 Å². The van der Waals surface area contributed by atoms with Crippen LogP contribution < -0.4 is 9.62 Å². The molecule has 0 bridgehead atoms. The number of sulfonamides is 1. The number of hydrogen-bond donors (Lipinski definition) is 1. The number of amides is 2. The number of hydrogen-bond acceptors (Lipinski definition) is 4. The lowest BCUT2D eigenvalue weighted by Crippen LogP contribution is -2.52. The van der Waals surface area contributed by atoms with Gasteiger partial charge in [-0.15, -0.1) is 0 Å².